The van der Waals surface area contributed by atoms with Crippen LogP contribution in [0.3, 0.4) is 0 Å². The van der Waals surface area contributed by atoms with Crippen LogP contribution in [-0.2, 0) is 9.59 Å². The van der Waals surface area contributed by atoms with Crippen molar-refractivity contribution in [2.24, 2.45) is 5.92 Å². The minimum atomic E-state index is 0.336. The first-order valence-corrected chi connectivity index (χ1v) is 3.40. The summed E-state index contributed by atoms with van der Waals surface area (Å²) < 4.78 is 0. The maximum atomic E-state index is 10.2. The van der Waals surface area contributed by atoms with Crippen molar-refractivity contribution in [3.8, 4) is 0 Å². The van der Waals surface area contributed by atoms with Gasteiger partial charge in [-0.05, 0) is 25.7 Å². The number of carbonyl (C=O) groups excluding carboxylic acids is 2. The van der Waals surface area contributed by atoms with Gasteiger partial charge >= 0.3 is 0 Å². The van der Waals surface area contributed by atoms with E-state index in [4.69, 9.17) is 0 Å². The second kappa shape index (κ2) is 2.78. The van der Waals surface area contributed by atoms with Crippen molar-refractivity contribution < 1.29 is 9.59 Å². The van der Waals surface area contributed by atoms with Gasteiger partial charge in [0.25, 0.3) is 0 Å². The Balaban J connectivity index is 2.76. The molecule has 0 amide bonds. The zero-order chi connectivity index (χ0) is 7.56. The van der Waals surface area contributed by atoms with E-state index in [2.05, 4.69) is 0 Å². The van der Waals surface area contributed by atoms with Gasteiger partial charge in [0, 0.05) is 0 Å². The van der Waals surface area contributed by atoms with Crippen molar-refractivity contribution in [1.29, 1.82) is 0 Å². The molecule has 1 aliphatic carbocycles. The number of rotatable bonds is 3. The van der Waals surface area contributed by atoms with Crippen LogP contribution >= 0.6 is 0 Å². The number of hydrogen-bond acceptors (Lipinski definition) is 2. The van der Waals surface area contributed by atoms with Gasteiger partial charge in [0.1, 0.15) is 0 Å². The molecule has 0 spiro atoms. The Hall–Kier alpha value is -0.920. The van der Waals surface area contributed by atoms with Gasteiger partial charge in [-0.25, -0.2) is 0 Å². The molecule has 0 unspecified atom stereocenters. The van der Waals surface area contributed by atoms with Gasteiger partial charge in [-0.3, -0.25) is 9.59 Å². The Kier molecular flexibility index (Phi) is 2.00. The van der Waals surface area contributed by atoms with Crippen LogP contribution in [0, 0.1) is 5.92 Å². The molecule has 1 fully saturated rings. The van der Waals surface area contributed by atoms with Crippen molar-refractivity contribution in [1.82, 2.24) is 0 Å². The molecule has 54 valence electrons. The second-order valence-electron chi connectivity index (χ2n) is 2.65. The van der Waals surface area contributed by atoms with Crippen LogP contribution in [-0.4, -0.2) is 12.6 Å². The average molecular weight is 138 g/mol. The maximum Gasteiger partial charge on any atom is 0.153 e. The van der Waals surface area contributed by atoms with E-state index in [0.29, 0.717) is 24.1 Å². The molecule has 0 atom stereocenters. The van der Waals surface area contributed by atoms with E-state index >= 15 is 0 Å². The lowest BCUT2D eigenvalue weighted by atomic mass is 10.1. The summed E-state index contributed by atoms with van der Waals surface area (Å²) >= 11 is 0. The van der Waals surface area contributed by atoms with Crippen molar-refractivity contribution in [2.45, 2.75) is 19.8 Å². The molecule has 1 saturated carbocycles. The minimum absolute atomic E-state index is 0.336. The molecule has 0 heterocycles. The van der Waals surface area contributed by atoms with E-state index in [1.165, 1.54) is 0 Å². The van der Waals surface area contributed by atoms with Crippen LogP contribution in [0.5, 0.6) is 0 Å². The molecule has 0 aromatic heterocycles. The maximum absolute atomic E-state index is 10.2. The summed E-state index contributed by atoms with van der Waals surface area (Å²) in [5, 5.41) is 0. The lowest BCUT2D eigenvalue weighted by molar-refractivity contribution is -0.109. The third-order valence-corrected chi connectivity index (χ3v) is 1.90. The van der Waals surface area contributed by atoms with Crippen LogP contribution in [0.25, 0.3) is 0 Å². The van der Waals surface area contributed by atoms with Crippen LogP contribution in [0.2, 0.25) is 0 Å². The monoisotopic (exact) mass is 138 g/mol. The zero-order valence-electron chi connectivity index (χ0n) is 5.96. The Morgan fingerprint density at radius 1 is 1.30 bits per heavy atom. The standard InChI is InChI=1S/C8H10O2/c1-6(7-2-3-7)8(4-9)5-10/h4-5,7H,2-3H2,1H3. The number of aldehydes is 2. The van der Waals surface area contributed by atoms with Gasteiger partial charge in [-0.1, -0.05) is 5.57 Å². The summed E-state index contributed by atoms with van der Waals surface area (Å²) in [6, 6.07) is 0. The summed E-state index contributed by atoms with van der Waals surface area (Å²) in [6.07, 6.45) is 3.55. The molecule has 0 bridgehead atoms. The van der Waals surface area contributed by atoms with Crippen LogP contribution in [0.1, 0.15) is 19.8 Å². The van der Waals surface area contributed by atoms with Crippen LogP contribution in [0.4, 0.5) is 0 Å². The largest absolute Gasteiger partial charge is 0.298 e. The molecule has 0 saturated heterocycles. The molecule has 2 nitrogen and oxygen atoms in total. The van der Waals surface area contributed by atoms with E-state index in [9.17, 15) is 9.59 Å². The normalized spacial score (nSPS) is 16.1. The molecule has 0 aromatic rings. The van der Waals surface area contributed by atoms with Gasteiger partial charge < -0.3 is 0 Å². The van der Waals surface area contributed by atoms with Crippen molar-refractivity contribution in [3.05, 3.63) is 11.1 Å². The second-order valence-corrected chi connectivity index (χ2v) is 2.65. The first-order chi connectivity index (χ1) is 4.79. The Morgan fingerprint density at radius 3 is 2.10 bits per heavy atom. The molecule has 0 N–H and O–H groups in total. The molecule has 2 heteroatoms. The molecule has 0 aromatic carbocycles. The topological polar surface area (TPSA) is 34.1 Å². The fourth-order valence-corrected chi connectivity index (χ4v) is 0.966. The highest BCUT2D eigenvalue weighted by atomic mass is 16.1. The average Bonchev–Trinajstić information content (AvgIpc) is 2.71. The smallest absolute Gasteiger partial charge is 0.153 e. The predicted molar refractivity (Wildman–Crippen MR) is 37.6 cm³/mol. The highest BCUT2D eigenvalue weighted by Crippen LogP contribution is 2.36. The highest BCUT2D eigenvalue weighted by molar-refractivity contribution is 6.00. The van der Waals surface area contributed by atoms with E-state index in [-0.39, 0.29) is 0 Å². The molecule has 0 radical (unpaired) electrons. The minimum Gasteiger partial charge on any atom is -0.298 e. The summed E-state index contributed by atoms with van der Waals surface area (Å²) in [6.45, 7) is 1.86. The lowest BCUT2D eigenvalue weighted by Gasteiger charge is -1.95. The number of hydrogen-bond donors (Lipinski definition) is 0. The molecule has 1 aliphatic rings. The lowest BCUT2D eigenvalue weighted by Crippen LogP contribution is -1.92. The van der Waals surface area contributed by atoms with Gasteiger partial charge in [-0.15, -0.1) is 0 Å². The fourth-order valence-electron chi connectivity index (χ4n) is 0.966. The van der Waals surface area contributed by atoms with Gasteiger partial charge in [0.2, 0.25) is 0 Å². The summed E-state index contributed by atoms with van der Waals surface area (Å²) in [5.74, 6) is 0.519. The quantitative estimate of drug-likeness (QED) is 0.253. The highest BCUT2D eigenvalue weighted by Gasteiger charge is 2.24. The molecular formula is C8H10O2. The summed E-state index contributed by atoms with van der Waals surface area (Å²) in [5.41, 5.74) is 1.30. The first-order valence-electron chi connectivity index (χ1n) is 3.40. The number of carbonyl (C=O) groups is 2. The van der Waals surface area contributed by atoms with Gasteiger partial charge in [0.05, 0.1) is 5.57 Å². The molecule has 1 rings (SSSR count). The first kappa shape index (κ1) is 7.19. The Bertz CT molecular complexity index is 177. The van der Waals surface area contributed by atoms with E-state index in [1.807, 2.05) is 6.92 Å². The van der Waals surface area contributed by atoms with Gasteiger partial charge in [-0.2, -0.15) is 0 Å². The molecular weight excluding hydrogens is 128 g/mol. The Morgan fingerprint density at radius 2 is 1.80 bits per heavy atom. The molecule has 0 aliphatic heterocycles. The summed E-state index contributed by atoms with van der Waals surface area (Å²) in [7, 11) is 0. The predicted octanol–water partition coefficient (Wildman–Crippen LogP) is 1.11. The van der Waals surface area contributed by atoms with Crippen molar-refractivity contribution in [3.63, 3.8) is 0 Å². The SMILES string of the molecule is CC(=C(C=O)C=O)C1CC1. The zero-order valence-corrected chi connectivity index (χ0v) is 5.96. The Labute approximate surface area is 59.9 Å². The fraction of sp³-hybridized carbons (Fsp3) is 0.500. The van der Waals surface area contributed by atoms with Crippen LogP contribution in [0.15, 0.2) is 11.1 Å². The van der Waals surface area contributed by atoms with Gasteiger partial charge in [0.15, 0.2) is 12.6 Å². The van der Waals surface area contributed by atoms with Crippen molar-refractivity contribution >= 4 is 12.6 Å². The molecule has 10 heavy (non-hydrogen) atoms. The number of allylic oxidation sites excluding steroid dienone is 2. The summed E-state index contributed by atoms with van der Waals surface area (Å²) in [4.78, 5) is 20.4. The van der Waals surface area contributed by atoms with Crippen LogP contribution < -0.4 is 0 Å². The third-order valence-electron chi connectivity index (χ3n) is 1.90. The van der Waals surface area contributed by atoms with E-state index < -0.39 is 0 Å². The van der Waals surface area contributed by atoms with Crippen molar-refractivity contribution in [2.75, 3.05) is 0 Å². The third kappa shape index (κ3) is 1.32. The van der Waals surface area contributed by atoms with E-state index in [1.54, 1.807) is 0 Å². The van der Waals surface area contributed by atoms with E-state index in [0.717, 1.165) is 18.4 Å².